The Morgan fingerprint density at radius 2 is 1.95 bits per heavy atom. The Morgan fingerprint density at radius 3 is 2.66 bits per heavy atom. The van der Waals surface area contributed by atoms with Crippen LogP contribution in [0.25, 0.3) is 22.2 Å². The lowest BCUT2D eigenvalue weighted by Gasteiger charge is -2.26. The standard InChI is InChI=1S/C26H28N4O6S2/c1-36-21-4-2-3-18(13-21)28-25(31)15-20-14-24-23(9-11-27-26(24)29-20)17-5-7-22(8-6-17)38(34,35)30-19-10-12-37(32,33)16-19/h2-9,11,13-14,19,30,32-33H,10,12,15-16H2,1H3,(H,27,29)(H,28,31). The summed E-state index contributed by atoms with van der Waals surface area (Å²) in [5.41, 5.74) is 3.57. The van der Waals surface area contributed by atoms with Gasteiger partial charge in [0.15, 0.2) is 0 Å². The molecule has 0 saturated carbocycles. The largest absolute Gasteiger partial charge is 0.497 e. The van der Waals surface area contributed by atoms with Crippen LogP contribution in [0.3, 0.4) is 0 Å². The molecule has 38 heavy (non-hydrogen) atoms. The average Bonchev–Trinajstić information content (AvgIpc) is 3.44. The van der Waals surface area contributed by atoms with Gasteiger partial charge in [-0.15, -0.1) is 0 Å². The number of pyridine rings is 1. The number of hydrogen-bond donors (Lipinski definition) is 5. The minimum atomic E-state index is -3.80. The summed E-state index contributed by atoms with van der Waals surface area (Å²) in [7, 11) is -4.94. The molecule has 0 radical (unpaired) electrons. The van der Waals surface area contributed by atoms with Gasteiger partial charge in [0, 0.05) is 40.8 Å². The van der Waals surface area contributed by atoms with E-state index in [2.05, 4.69) is 20.0 Å². The fourth-order valence-electron chi connectivity index (χ4n) is 4.52. The third kappa shape index (κ3) is 5.84. The SMILES string of the molecule is COc1cccc(NC(=O)Cc2cc3c(-c4ccc(S(=O)(=O)NC5CCS(O)(O)C5)cc4)ccnc3[nH]2)c1. The van der Waals surface area contributed by atoms with Crippen LogP contribution in [0.2, 0.25) is 0 Å². The van der Waals surface area contributed by atoms with Crippen molar-refractivity contribution in [2.45, 2.75) is 23.8 Å². The Morgan fingerprint density at radius 1 is 1.16 bits per heavy atom. The van der Waals surface area contributed by atoms with Crippen LogP contribution in [-0.4, -0.2) is 58.1 Å². The van der Waals surface area contributed by atoms with Gasteiger partial charge in [0.05, 0.1) is 24.2 Å². The number of nitrogens with zero attached hydrogens (tertiary/aromatic N) is 1. The highest BCUT2D eigenvalue weighted by Gasteiger charge is 2.31. The van der Waals surface area contributed by atoms with Crippen molar-refractivity contribution in [3.63, 3.8) is 0 Å². The number of H-pyrrole nitrogens is 1. The van der Waals surface area contributed by atoms with Crippen molar-refractivity contribution in [1.82, 2.24) is 14.7 Å². The zero-order chi connectivity index (χ0) is 26.9. The molecule has 0 aliphatic carbocycles. The molecule has 1 amide bonds. The Kier molecular flexibility index (Phi) is 7.16. The van der Waals surface area contributed by atoms with Crippen LogP contribution < -0.4 is 14.8 Å². The van der Waals surface area contributed by atoms with Gasteiger partial charge in [-0.3, -0.25) is 13.9 Å². The Bertz CT molecular complexity index is 1590. The normalized spacial score (nSPS) is 17.8. The Balaban J connectivity index is 1.32. The van der Waals surface area contributed by atoms with Crippen molar-refractivity contribution < 1.29 is 27.1 Å². The molecule has 1 atom stereocenters. The lowest BCUT2D eigenvalue weighted by Crippen LogP contribution is -2.35. The minimum absolute atomic E-state index is 0.0344. The average molecular weight is 557 g/mol. The summed E-state index contributed by atoms with van der Waals surface area (Å²) in [6, 6.07) is 16.8. The van der Waals surface area contributed by atoms with Crippen molar-refractivity contribution in [1.29, 1.82) is 0 Å². The Hall–Kier alpha value is -3.42. The molecular weight excluding hydrogens is 528 g/mol. The molecule has 12 heteroatoms. The van der Waals surface area contributed by atoms with Crippen LogP contribution in [-0.2, 0) is 21.2 Å². The van der Waals surface area contributed by atoms with Crippen LogP contribution in [0.15, 0.2) is 71.8 Å². The highest BCUT2D eigenvalue weighted by atomic mass is 32.3. The van der Waals surface area contributed by atoms with Gasteiger partial charge in [-0.1, -0.05) is 18.2 Å². The third-order valence-electron chi connectivity index (χ3n) is 6.35. The first-order chi connectivity index (χ1) is 18.1. The lowest BCUT2D eigenvalue weighted by atomic mass is 10.0. The highest BCUT2D eigenvalue weighted by molar-refractivity contribution is 8.24. The van der Waals surface area contributed by atoms with E-state index in [9.17, 15) is 22.3 Å². The second-order valence-corrected chi connectivity index (χ2v) is 13.2. The van der Waals surface area contributed by atoms with Crippen LogP contribution >= 0.6 is 10.6 Å². The maximum absolute atomic E-state index is 12.8. The van der Waals surface area contributed by atoms with E-state index >= 15 is 0 Å². The third-order valence-corrected chi connectivity index (χ3v) is 9.71. The molecule has 10 nitrogen and oxygen atoms in total. The number of rotatable bonds is 8. The molecule has 1 aliphatic heterocycles. The van der Waals surface area contributed by atoms with Gasteiger partial charge in [-0.2, -0.15) is 10.6 Å². The summed E-state index contributed by atoms with van der Waals surface area (Å²) in [6.45, 7) is 0. The number of carbonyl (C=O) groups excluding carboxylic acids is 1. The van der Waals surface area contributed by atoms with E-state index in [-0.39, 0.29) is 28.7 Å². The molecule has 3 heterocycles. The number of fused-ring (bicyclic) bond motifs is 1. The first-order valence-corrected chi connectivity index (χ1v) is 15.3. The summed E-state index contributed by atoms with van der Waals surface area (Å²) < 4.78 is 53.0. The van der Waals surface area contributed by atoms with Crippen LogP contribution in [0, 0.1) is 0 Å². The second-order valence-electron chi connectivity index (χ2n) is 9.18. The molecule has 4 aromatic rings. The van der Waals surface area contributed by atoms with Crippen molar-refractivity contribution >= 4 is 43.2 Å². The predicted molar refractivity (Wildman–Crippen MR) is 148 cm³/mol. The number of ether oxygens (including phenoxy) is 1. The van der Waals surface area contributed by atoms with Crippen LogP contribution in [0.1, 0.15) is 12.1 Å². The van der Waals surface area contributed by atoms with Crippen LogP contribution in [0.5, 0.6) is 5.75 Å². The summed E-state index contributed by atoms with van der Waals surface area (Å²) in [6.07, 6.45) is 2.16. The fourth-order valence-corrected chi connectivity index (χ4v) is 7.62. The van der Waals surface area contributed by atoms with E-state index in [1.807, 2.05) is 12.1 Å². The lowest BCUT2D eigenvalue weighted by molar-refractivity contribution is -0.115. The van der Waals surface area contributed by atoms with E-state index < -0.39 is 26.7 Å². The first kappa shape index (κ1) is 26.2. The first-order valence-electron chi connectivity index (χ1n) is 11.9. The number of benzene rings is 2. The maximum Gasteiger partial charge on any atom is 0.240 e. The van der Waals surface area contributed by atoms with Gasteiger partial charge in [0.2, 0.25) is 15.9 Å². The van der Waals surface area contributed by atoms with Crippen molar-refractivity contribution in [3.05, 3.63) is 72.6 Å². The molecule has 0 spiro atoms. The molecule has 5 rings (SSSR count). The smallest absolute Gasteiger partial charge is 0.240 e. The summed E-state index contributed by atoms with van der Waals surface area (Å²) in [4.78, 5) is 20.3. The molecule has 200 valence electrons. The fraction of sp³-hybridized carbons (Fsp3) is 0.231. The van der Waals surface area contributed by atoms with Gasteiger partial charge in [0.25, 0.3) is 0 Å². The van der Waals surface area contributed by atoms with Crippen molar-refractivity contribution in [2.24, 2.45) is 0 Å². The quantitative estimate of drug-likeness (QED) is 0.218. The number of carbonyl (C=O) groups is 1. The van der Waals surface area contributed by atoms with Crippen molar-refractivity contribution in [3.8, 4) is 16.9 Å². The monoisotopic (exact) mass is 556 g/mol. The second kappa shape index (κ2) is 10.4. The van der Waals surface area contributed by atoms with Gasteiger partial charge < -0.3 is 15.0 Å². The van der Waals surface area contributed by atoms with Gasteiger partial charge in [-0.05, 0) is 53.9 Å². The maximum atomic E-state index is 12.8. The summed E-state index contributed by atoms with van der Waals surface area (Å²) in [5.74, 6) is 0.691. The number of hydrogen-bond acceptors (Lipinski definition) is 7. The number of methoxy groups -OCH3 is 1. The zero-order valence-corrected chi connectivity index (χ0v) is 22.2. The molecule has 0 bridgehead atoms. The number of aromatic nitrogens is 2. The molecule has 2 aromatic heterocycles. The van der Waals surface area contributed by atoms with E-state index in [0.29, 0.717) is 29.2 Å². The Labute approximate surface area is 221 Å². The van der Waals surface area contributed by atoms with Gasteiger partial charge >= 0.3 is 0 Å². The van der Waals surface area contributed by atoms with Crippen molar-refractivity contribution in [2.75, 3.05) is 23.9 Å². The number of anilines is 1. The van der Waals surface area contributed by atoms with E-state index in [1.54, 1.807) is 49.7 Å². The molecule has 5 N–H and O–H groups in total. The predicted octanol–water partition coefficient (Wildman–Crippen LogP) is 4.22. The zero-order valence-electron chi connectivity index (χ0n) is 20.5. The topological polar surface area (TPSA) is 154 Å². The number of sulfonamides is 1. The number of amides is 1. The van der Waals surface area contributed by atoms with Gasteiger partial charge in [-0.25, -0.2) is 18.1 Å². The summed E-state index contributed by atoms with van der Waals surface area (Å²) in [5, 5.41) is 3.66. The molecule has 1 unspecified atom stereocenters. The van der Waals surface area contributed by atoms with Gasteiger partial charge in [0.1, 0.15) is 11.4 Å². The molecule has 1 saturated heterocycles. The summed E-state index contributed by atoms with van der Waals surface area (Å²) >= 11 is 0. The molecule has 2 aromatic carbocycles. The molecule has 1 fully saturated rings. The molecular formula is C26H28N4O6S2. The number of nitrogens with one attached hydrogen (secondary N) is 3. The van der Waals surface area contributed by atoms with E-state index in [0.717, 1.165) is 16.5 Å². The van der Waals surface area contributed by atoms with Crippen LogP contribution in [0.4, 0.5) is 5.69 Å². The van der Waals surface area contributed by atoms with E-state index in [4.69, 9.17) is 4.74 Å². The molecule has 1 aliphatic rings. The number of aromatic amines is 1. The highest BCUT2D eigenvalue weighted by Crippen LogP contribution is 2.45. The van der Waals surface area contributed by atoms with E-state index in [1.165, 1.54) is 12.1 Å². The minimum Gasteiger partial charge on any atom is -0.497 e.